The van der Waals surface area contributed by atoms with Crippen molar-refractivity contribution in [1.82, 2.24) is 24.9 Å². The number of nitrogens with one attached hydrogen (secondary N) is 1. The highest BCUT2D eigenvalue weighted by Gasteiger charge is 2.27. The number of carbonyl (C=O) groups excluding carboxylic acids is 1. The molecule has 12 nitrogen and oxygen atoms in total. The van der Waals surface area contributed by atoms with E-state index in [1.54, 1.807) is 4.90 Å². The van der Waals surface area contributed by atoms with Crippen molar-refractivity contribution in [3.05, 3.63) is 79.2 Å². The molecule has 1 aliphatic rings. The number of nitrogens with zero attached hydrogens (tertiary/aromatic N) is 5. The van der Waals surface area contributed by atoms with Gasteiger partial charge in [-0.15, -0.1) is 0 Å². The average Bonchev–Trinajstić information content (AvgIpc) is 3.30. The number of carboxylic acid groups (broad SMARTS) is 1. The highest BCUT2D eigenvalue weighted by atomic mass is 16.4. The van der Waals surface area contributed by atoms with Gasteiger partial charge in [0.25, 0.3) is 16.8 Å². The van der Waals surface area contributed by atoms with E-state index in [9.17, 15) is 24.3 Å². The number of hydrogen-bond donors (Lipinski definition) is 3. The third-order valence-corrected chi connectivity index (χ3v) is 5.62. The molecule has 0 spiro atoms. The Labute approximate surface area is 185 Å². The molecule has 3 heterocycles. The molecule has 0 radical (unpaired) electrons. The summed E-state index contributed by atoms with van der Waals surface area (Å²) in [7, 11) is 0. The minimum absolute atomic E-state index is 0.00255. The van der Waals surface area contributed by atoms with Gasteiger partial charge in [-0.05, 0) is 23.1 Å². The molecule has 12 heteroatoms. The molecule has 0 saturated heterocycles. The van der Waals surface area contributed by atoms with Crippen LogP contribution in [0.3, 0.4) is 0 Å². The second kappa shape index (κ2) is 7.51. The Morgan fingerprint density at radius 2 is 1.94 bits per heavy atom. The molecule has 33 heavy (non-hydrogen) atoms. The maximum atomic E-state index is 12.6. The van der Waals surface area contributed by atoms with Gasteiger partial charge in [0.2, 0.25) is 11.6 Å². The molecular formula is C21H17N7O5. The van der Waals surface area contributed by atoms with E-state index < -0.39 is 28.6 Å². The van der Waals surface area contributed by atoms with Gasteiger partial charge in [-0.2, -0.15) is 14.6 Å². The molecule has 0 atom stereocenters. The van der Waals surface area contributed by atoms with E-state index in [-0.39, 0.29) is 29.4 Å². The summed E-state index contributed by atoms with van der Waals surface area (Å²) in [5, 5.41) is 15.9. The number of anilines is 2. The van der Waals surface area contributed by atoms with Crippen molar-refractivity contribution in [2.24, 2.45) is 0 Å². The van der Waals surface area contributed by atoms with E-state index in [2.05, 4.69) is 20.4 Å². The van der Waals surface area contributed by atoms with E-state index in [4.69, 9.17) is 5.73 Å². The topological polar surface area (TPSA) is 173 Å². The zero-order valence-electron chi connectivity index (χ0n) is 17.1. The zero-order valence-corrected chi connectivity index (χ0v) is 17.1. The number of hydrogen-bond acceptors (Lipinski definition) is 9. The number of nitrogens with two attached hydrogens (primary N) is 1. The van der Waals surface area contributed by atoms with Gasteiger partial charge in [-0.3, -0.25) is 14.4 Å². The fraction of sp³-hybridized carbons (Fsp3) is 0.190. The van der Waals surface area contributed by atoms with Gasteiger partial charge in [0.1, 0.15) is 11.4 Å². The number of aromatic nitrogens is 4. The van der Waals surface area contributed by atoms with Crippen LogP contribution < -0.4 is 26.8 Å². The molecule has 2 aromatic heterocycles. The lowest BCUT2D eigenvalue weighted by Crippen LogP contribution is -2.44. The van der Waals surface area contributed by atoms with E-state index in [0.29, 0.717) is 19.5 Å². The summed E-state index contributed by atoms with van der Waals surface area (Å²) in [5.74, 6) is -2.65. The SMILES string of the molecule is Nc1c(N2CCc3ccc(CNC(=O)c4nc(C(=O)O)n5nccc5n4)cc3C2)c(=O)c1=O. The van der Waals surface area contributed by atoms with Gasteiger partial charge in [0.05, 0.1) is 6.20 Å². The maximum absolute atomic E-state index is 12.6. The molecular weight excluding hydrogens is 430 g/mol. The zero-order chi connectivity index (χ0) is 23.3. The van der Waals surface area contributed by atoms with Crippen LogP contribution in [0.5, 0.6) is 0 Å². The molecule has 0 fully saturated rings. The van der Waals surface area contributed by atoms with Crippen LogP contribution in [0.2, 0.25) is 0 Å². The molecule has 4 aromatic rings. The van der Waals surface area contributed by atoms with Gasteiger partial charge in [0.15, 0.2) is 5.65 Å². The van der Waals surface area contributed by atoms with Crippen LogP contribution >= 0.6 is 0 Å². The first kappa shape index (κ1) is 20.3. The van der Waals surface area contributed by atoms with Crippen LogP contribution in [0.25, 0.3) is 5.65 Å². The number of carboxylic acids is 1. The molecule has 0 bridgehead atoms. The van der Waals surface area contributed by atoms with Gasteiger partial charge in [0, 0.05) is 25.7 Å². The van der Waals surface area contributed by atoms with E-state index in [1.165, 1.54) is 12.3 Å². The lowest BCUT2D eigenvalue weighted by atomic mass is 9.96. The van der Waals surface area contributed by atoms with Crippen LogP contribution in [-0.4, -0.2) is 43.1 Å². The van der Waals surface area contributed by atoms with Crippen molar-refractivity contribution < 1.29 is 14.7 Å². The lowest BCUT2D eigenvalue weighted by molar-refractivity contribution is 0.0679. The summed E-state index contributed by atoms with van der Waals surface area (Å²) < 4.78 is 1.04. The van der Waals surface area contributed by atoms with Crippen molar-refractivity contribution in [3.63, 3.8) is 0 Å². The number of rotatable bonds is 5. The number of fused-ring (bicyclic) bond motifs is 2. The molecule has 0 aliphatic carbocycles. The van der Waals surface area contributed by atoms with Crippen molar-refractivity contribution in [2.75, 3.05) is 17.2 Å². The number of benzene rings is 1. The third kappa shape index (κ3) is 3.37. The predicted octanol–water partition coefficient (Wildman–Crippen LogP) is -0.507. The standard InChI is InChI=1S/C21H17N7O5/c22-14-15(17(30)16(14)29)27-6-4-11-2-1-10(7-12(11)9-27)8-23-20(31)18-25-13-3-5-24-28(13)19(26-18)21(32)33/h1-3,5,7H,4,6,8-9,22H2,(H,23,31)(H,32,33). The monoisotopic (exact) mass is 447 g/mol. The Hall–Kier alpha value is -4.61. The van der Waals surface area contributed by atoms with Crippen molar-refractivity contribution in [2.45, 2.75) is 19.5 Å². The van der Waals surface area contributed by atoms with Crippen molar-refractivity contribution in [1.29, 1.82) is 0 Å². The predicted molar refractivity (Wildman–Crippen MR) is 116 cm³/mol. The normalized spacial score (nSPS) is 13.3. The number of aromatic carboxylic acids is 1. The summed E-state index contributed by atoms with van der Waals surface area (Å²) in [6, 6.07) is 7.22. The Balaban J connectivity index is 1.32. The van der Waals surface area contributed by atoms with Gasteiger partial charge in [-0.1, -0.05) is 18.2 Å². The number of nitrogen functional groups attached to an aromatic ring is 1. The molecule has 1 aliphatic heterocycles. The van der Waals surface area contributed by atoms with Crippen LogP contribution in [0.4, 0.5) is 11.4 Å². The first-order valence-electron chi connectivity index (χ1n) is 10.0. The van der Waals surface area contributed by atoms with Crippen LogP contribution in [-0.2, 0) is 19.5 Å². The largest absolute Gasteiger partial charge is 0.475 e. The molecule has 0 unspecified atom stereocenters. The fourth-order valence-corrected chi connectivity index (χ4v) is 3.95. The average molecular weight is 447 g/mol. The quantitative estimate of drug-likeness (QED) is 0.338. The first-order valence-corrected chi connectivity index (χ1v) is 10.0. The minimum Gasteiger partial charge on any atom is -0.475 e. The Morgan fingerprint density at radius 3 is 2.70 bits per heavy atom. The molecule has 166 valence electrons. The summed E-state index contributed by atoms with van der Waals surface area (Å²) in [6.07, 6.45) is 2.06. The Kier molecular flexibility index (Phi) is 4.62. The van der Waals surface area contributed by atoms with Crippen molar-refractivity contribution >= 4 is 28.9 Å². The van der Waals surface area contributed by atoms with Crippen molar-refractivity contribution in [3.8, 4) is 0 Å². The summed E-state index contributed by atoms with van der Waals surface area (Å²) in [6.45, 7) is 1.16. The summed E-state index contributed by atoms with van der Waals surface area (Å²) >= 11 is 0. The van der Waals surface area contributed by atoms with E-state index in [1.807, 2.05) is 18.2 Å². The molecule has 5 rings (SSSR count). The fourth-order valence-electron chi connectivity index (χ4n) is 3.95. The first-order chi connectivity index (χ1) is 15.8. The van der Waals surface area contributed by atoms with Gasteiger partial charge < -0.3 is 21.1 Å². The summed E-state index contributed by atoms with van der Waals surface area (Å²) in [5.41, 5.74) is 7.83. The van der Waals surface area contributed by atoms with Gasteiger partial charge in [-0.25, -0.2) is 9.78 Å². The van der Waals surface area contributed by atoms with Crippen LogP contribution in [0, 0.1) is 0 Å². The minimum atomic E-state index is -1.33. The van der Waals surface area contributed by atoms with Crippen LogP contribution in [0.1, 0.15) is 37.9 Å². The second-order valence-corrected chi connectivity index (χ2v) is 7.66. The highest BCUT2D eigenvalue weighted by molar-refractivity contribution is 5.92. The molecule has 4 N–H and O–H groups in total. The summed E-state index contributed by atoms with van der Waals surface area (Å²) in [4.78, 5) is 57.0. The number of carbonyl (C=O) groups is 2. The Bertz CT molecular complexity index is 1520. The highest BCUT2D eigenvalue weighted by Crippen LogP contribution is 2.26. The molecule has 2 aromatic carbocycles. The van der Waals surface area contributed by atoms with E-state index in [0.717, 1.165) is 21.2 Å². The van der Waals surface area contributed by atoms with E-state index >= 15 is 0 Å². The molecule has 0 saturated carbocycles. The second-order valence-electron chi connectivity index (χ2n) is 7.66. The third-order valence-electron chi connectivity index (χ3n) is 5.62. The van der Waals surface area contributed by atoms with Crippen LogP contribution in [0.15, 0.2) is 40.1 Å². The maximum Gasteiger partial charge on any atom is 0.374 e. The number of amides is 1. The molecule has 1 amide bonds. The van der Waals surface area contributed by atoms with Gasteiger partial charge >= 0.3 is 5.97 Å². The Morgan fingerprint density at radius 1 is 1.12 bits per heavy atom. The lowest BCUT2D eigenvalue weighted by Gasteiger charge is -2.32. The smallest absolute Gasteiger partial charge is 0.374 e.